The zero-order chi connectivity index (χ0) is 24.7. The van der Waals surface area contributed by atoms with Crippen LogP contribution in [0.1, 0.15) is 30.3 Å². The molecule has 5 rings (SSSR count). The van der Waals surface area contributed by atoms with E-state index in [9.17, 15) is 18.0 Å². The number of piperidine rings is 1. The minimum atomic E-state index is -4.90. The maximum atomic E-state index is 12.9. The summed E-state index contributed by atoms with van der Waals surface area (Å²) in [6.45, 7) is 0.703. The Labute approximate surface area is 199 Å². The number of ether oxygens (including phenoxy) is 1. The van der Waals surface area contributed by atoms with Crippen LogP contribution in [-0.2, 0) is 16.1 Å². The van der Waals surface area contributed by atoms with Gasteiger partial charge in [-0.1, -0.05) is 23.4 Å². The molecule has 1 N–H and O–H groups in total. The molecule has 2 aliphatic rings. The number of hydrogen-bond donors (Lipinski definition) is 1. The summed E-state index contributed by atoms with van der Waals surface area (Å²) in [7, 11) is 3.50. The number of hydrogen-bond acceptors (Lipinski definition) is 7. The van der Waals surface area contributed by atoms with Gasteiger partial charge in [0.25, 0.3) is 5.89 Å². The van der Waals surface area contributed by atoms with Crippen molar-refractivity contribution in [3.05, 3.63) is 53.9 Å². The van der Waals surface area contributed by atoms with Crippen LogP contribution in [0, 0.1) is 0 Å². The smallest absolute Gasteiger partial charge is 0.375 e. The van der Waals surface area contributed by atoms with Gasteiger partial charge in [0.1, 0.15) is 6.61 Å². The van der Waals surface area contributed by atoms with Crippen molar-refractivity contribution in [1.29, 1.82) is 0 Å². The summed E-state index contributed by atoms with van der Waals surface area (Å²) < 4.78 is 48.9. The molecular formula is C24H24F3N5O3. The van der Waals surface area contributed by atoms with Gasteiger partial charge in [0.2, 0.25) is 5.82 Å². The number of para-hydroxylation sites is 1. The van der Waals surface area contributed by atoms with Gasteiger partial charge in [0, 0.05) is 38.0 Å². The summed E-state index contributed by atoms with van der Waals surface area (Å²) >= 11 is 0. The van der Waals surface area contributed by atoms with E-state index in [-0.39, 0.29) is 12.6 Å². The first-order valence-electron chi connectivity index (χ1n) is 11.2. The van der Waals surface area contributed by atoms with Gasteiger partial charge in [-0.25, -0.2) is 0 Å². The van der Waals surface area contributed by atoms with E-state index >= 15 is 0 Å². The predicted molar refractivity (Wildman–Crippen MR) is 122 cm³/mol. The third-order valence-corrected chi connectivity index (χ3v) is 6.49. The third kappa shape index (κ3) is 4.31. The fraction of sp³-hybridized carbons (Fsp3) is 0.375. The number of alkyl halides is 3. The van der Waals surface area contributed by atoms with Gasteiger partial charge in [0.05, 0.1) is 17.4 Å². The molecule has 0 unspecified atom stereocenters. The first-order chi connectivity index (χ1) is 16.8. The summed E-state index contributed by atoms with van der Waals surface area (Å²) in [5.41, 5.74) is 4.55. The third-order valence-electron chi connectivity index (χ3n) is 6.49. The number of methoxy groups -OCH3 is 1. The lowest BCUT2D eigenvalue weighted by Crippen LogP contribution is -2.49. The van der Waals surface area contributed by atoms with Gasteiger partial charge in [0.15, 0.2) is 0 Å². The van der Waals surface area contributed by atoms with Gasteiger partial charge in [-0.05, 0) is 42.7 Å². The van der Waals surface area contributed by atoms with E-state index in [1.807, 2.05) is 49.5 Å². The summed E-state index contributed by atoms with van der Waals surface area (Å²) in [6, 6.07) is 12.9. The molecule has 184 valence electrons. The number of amides is 1. The van der Waals surface area contributed by atoms with Crippen LogP contribution in [0.25, 0.3) is 11.4 Å². The normalized spacial score (nSPS) is 19.5. The van der Waals surface area contributed by atoms with Crippen molar-refractivity contribution < 1.29 is 27.2 Å². The Morgan fingerprint density at radius 3 is 2.77 bits per heavy atom. The number of carbonyl (C=O) groups is 1. The maximum absolute atomic E-state index is 12.9. The minimum Gasteiger partial charge on any atom is -0.375 e. The first kappa shape index (κ1) is 23.2. The number of nitrogens with zero attached hydrogens (tertiary/aromatic N) is 4. The van der Waals surface area contributed by atoms with Crippen molar-refractivity contribution >= 4 is 23.0 Å². The zero-order valence-electron chi connectivity index (χ0n) is 19.2. The van der Waals surface area contributed by atoms with Gasteiger partial charge >= 0.3 is 12.1 Å². The molecule has 3 aromatic rings. The molecule has 1 amide bonds. The quantitative estimate of drug-likeness (QED) is 0.586. The van der Waals surface area contributed by atoms with Crippen molar-refractivity contribution in [2.75, 3.05) is 30.5 Å². The van der Waals surface area contributed by atoms with Crippen molar-refractivity contribution in [3.8, 4) is 11.4 Å². The van der Waals surface area contributed by atoms with E-state index in [1.165, 1.54) is 0 Å². The van der Waals surface area contributed by atoms with E-state index in [1.54, 1.807) is 7.11 Å². The fourth-order valence-electron chi connectivity index (χ4n) is 4.88. The lowest BCUT2D eigenvalue weighted by molar-refractivity contribution is -0.174. The highest BCUT2D eigenvalue weighted by atomic mass is 19.4. The molecule has 8 nitrogen and oxygen atoms in total. The number of nitrogens with one attached hydrogen (secondary N) is 1. The van der Waals surface area contributed by atoms with Crippen molar-refractivity contribution in [2.24, 2.45) is 0 Å². The van der Waals surface area contributed by atoms with Crippen molar-refractivity contribution in [1.82, 2.24) is 15.5 Å². The number of benzene rings is 2. The van der Waals surface area contributed by atoms with E-state index < -0.39 is 18.1 Å². The SMILES string of the molecule is COCc1nc(-c2ccc3c(c2)N(C)c2ccccc2[C@H]2C[C@H](NC(=O)C(F)(F)F)CCN32)no1. The standard InChI is InChI=1S/C24H24F3N5O3/c1-31-17-6-4-3-5-16(17)19-12-15(28-23(33)24(25,26)27)9-10-32(19)18-8-7-14(11-20(18)31)22-29-21(13-34-2)35-30-22/h3-8,11,15,19H,9-10,12-13H2,1-2H3,(H,28,33)/t15-,19-/m1/s1. The molecule has 11 heteroatoms. The largest absolute Gasteiger partial charge is 0.471 e. The van der Waals surface area contributed by atoms with Crippen molar-refractivity contribution in [3.63, 3.8) is 0 Å². The lowest BCUT2D eigenvalue weighted by atomic mass is 9.90. The Balaban J connectivity index is 1.52. The summed E-state index contributed by atoms with van der Waals surface area (Å²) in [6.07, 6.45) is -4.14. The number of aromatic nitrogens is 2. The topological polar surface area (TPSA) is 83.7 Å². The van der Waals surface area contributed by atoms with Crippen LogP contribution in [0.5, 0.6) is 0 Å². The van der Waals surface area contributed by atoms with Gasteiger partial charge in [-0.2, -0.15) is 18.2 Å². The molecule has 3 heterocycles. The van der Waals surface area contributed by atoms with E-state index in [0.29, 0.717) is 31.1 Å². The highest BCUT2D eigenvalue weighted by molar-refractivity contribution is 5.85. The Morgan fingerprint density at radius 1 is 1.20 bits per heavy atom. The molecule has 1 fully saturated rings. The van der Waals surface area contributed by atoms with Crippen LogP contribution >= 0.6 is 0 Å². The Hall–Kier alpha value is -3.60. The minimum absolute atomic E-state index is 0.202. The molecule has 0 radical (unpaired) electrons. The molecule has 0 aliphatic carbocycles. The number of anilines is 3. The molecule has 2 atom stereocenters. The second kappa shape index (κ2) is 8.88. The van der Waals surface area contributed by atoms with Gasteiger partial charge in [-0.15, -0.1) is 0 Å². The number of carbonyl (C=O) groups excluding carboxylic acids is 1. The van der Waals surface area contributed by atoms with E-state index in [0.717, 1.165) is 28.2 Å². The fourth-order valence-corrected chi connectivity index (χ4v) is 4.88. The first-order valence-corrected chi connectivity index (χ1v) is 11.2. The van der Waals surface area contributed by atoms with Crippen LogP contribution < -0.4 is 15.1 Å². The Kier molecular flexibility index (Phi) is 5.87. The van der Waals surface area contributed by atoms with Gasteiger partial charge < -0.3 is 24.4 Å². The number of rotatable bonds is 4. The average molecular weight is 487 g/mol. The van der Waals surface area contributed by atoms with Crippen molar-refractivity contribution in [2.45, 2.75) is 37.7 Å². The molecule has 35 heavy (non-hydrogen) atoms. The maximum Gasteiger partial charge on any atom is 0.471 e. The molecule has 1 aromatic heterocycles. The molecular weight excluding hydrogens is 463 g/mol. The summed E-state index contributed by atoms with van der Waals surface area (Å²) in [5.74, 6) is -1.08. The summed E-state index contributed by atoms with van der Waals surface area (Å²) in [4.78, 5) is 20.2. The molecule has 0 spiro atoms. The van der Waals surface area contributed by atoms with Crippen LogP contribution in [0.2, 0.25) is 0 Å². The highest BCUT2D eigenvalue weighted by Crippen LogP contribution is 2.48. The van der Waals surface area contributed by atoms with Crippen LogP contribution in [0.15, 0.2) is 47.0 Å². The second-order valence-electron chi connectivity index (χ2n) is 8.67. The summed E-state index contributed by atoms with van der Waals surface area (Å²) in [5, 5.41) is 6.24. The monoisotopic (exact) mass is 487 g/mol. The number of fused-ring (bicyclic) bond motifs is 5. The molecule has 0 saturated carbocycles. The molecule has 2 aromatic carbocycles. The molecule has 1 saturated heterocycles. The van der Waals surface area contributed by atoms with Crippen LogP contribution in [0.4, 0.5) is 30.2 Å². The predicted octanol–water partition coefficient (Wildman–Crippen LogP) is 4.35. The average Bonchev–Trinajstić information content (AvgIpc) is 3.28. The van der Waals surface area contributed by atoms with Gasteiger partial charge in [-0.3, -0.25) is 4.79 Å². The zero-order valence-corrected chi connectivity index (χ0v) is 19.2. The second-order valence-corrected chi connectivity index (χ2v) is 8.67. The van der Waals surface area contributed by atoms with E-state index in [2.05, 4.69) is 25.3 Å². The molecule has 0 bridgehead atoms. The van der Waals surface area contributed by atoms with Crippen LogP contribution in [0.3, 0.4) is 0 Å². The highest BCUT2D eigenvalue weighted by Gasteiger charge is 2.42. The molecule has 2 aliphatic heterocycles. The Morgan fingerprint density at radius 2 is 2.00 bits per heavy atom. The van der Waals surface area contributed by atoms with E-state index in [4.69, 9.17) is 9.26 Å². The lowest BCUT2D eigenvalue weighted by Gasteiger charge is -2.41. The Bertz CT molecular complexity index is 1250. The number of halogens is 3. The van der Waals surface area contributed by atoms with Crippen LogP contribution in [-0.4, -0.2) is 49.0 Å².